The molecule has 0 saturated carbocycles. The number of pyridine rings is 1. The molecule has 4 nitrogen and oxygen atoms in total. The Morgan fingerprint density at radius 2 is 1.96 bits per heavy atom. The van der Waals surface area contributed by atoms with Crippen molar-refractivity contribution in [2.75, 3.05) is 7.11 Å². The number of methoxy groups -OCH3 is 1. The lowest BCUT2D eigenvalue weighted by Crippen LogP contribution is -2.10. The van der Waals surface area contributed by atoms with E-state index < -0.39 is 0 Å². The molecule has 2 atom stereocenters. The second-order valence-electron chi connectivity index (χ2n) is 6.68. The summed E-state index contributed by atoms with van der Waals surface area (Å²) in [6.07, 6.45) is 8.81. The monoisotopic (exact) mass is 317 g/mol. The maximum Gasteiger partial charge on any atom is 0.212 e. The van der Waals surface area contributed by atoms with Crippen LogP contribution in [0, 0.1) is 5.92 Å². The minimum Gasteiger partial charge on any atom is -0.481 e. The summed E-state index contributed by atoms with van der Waals surface area (Å²) >= 11 is 0. The Morgan fingerprint density at radius 1 is 1.08 bits per heavy atom. The van der Waals surface area contributed by atoms with Crippen LogP contribution >= 0.6 is 0 Å². The third-order valence-electron chi connectivity index (χ3n) is 5.37. The van der Waals surface area contributed by atoms with Crippen molar-refractivity contribution in [1.82, 2.24) is 14.5 Å². The number of benzene rings is 1. The fourth-order valence-electron chi connectivity index (χ4n) is 4.09. The molecule has 2 aliphatic rings. The lowest BCUT2D eigenvalue weighted by atomic mass is 9.85. The van der Waals surface area contributed by atoms with E-state index in [0.717, 1.165) is 24.0 Å². The molecular weight excluding hydrogens is 298 g/mol. The Kier molecular flexibility index (Phi) is 2.98. The van der Waals surface area contributed by atoms with E-state index in [-0.39, 0.29) is 0 Å². The van der Waals surface area contributed by atoms with Crippen LogP contribution in [0.15, 0.2) is 48.7 Å². The van der Waals surface area contributed by atoms with Gasteiger partial charge in [-0.15, -0.1) is 0 Å². The molecule has 1 unspecified atom stereocenters. The van der Waals surface area contributed by atoms with E-state index in [4.69, 9.17) is 9.72 Å². The lowest BCUT2D eigenvalue weighted by molar-refractivity contribution is 0.398. The average Bonchev–Trinajstić information content (AvgIpc) is 3.17. The number of hydrogen-bond donors (Lipinski definition) is 0. The summed E-state index contributed by atoms with van der Waals surface area (Å²) in [5.74, 6) is 3.22. The van der Waals surface area contributed by atoms with E-state index in [1.807, 2.05) is 12.3 Å². The zero-order chi connectivity index (χ0) is 16.1. The van der Waals surface area contributed by atoms with E-state index in [1.54, 1.807) is 7.11 Å². The van der Waals surface area contributed by atoms with Crippen LogP contribution in [0.3, 0.4) is 0 Å². The molecule has 2 aromatic heterocycles. The molecule has 0 radical (unpaired) electrons. The van der Waals surface area contributed by atoms with Gasteiger partial charge in [0.15, 0.2) is 0 Å². The first-order valence-corrected chi connectivity index (χ1v) is 8.49. The summed E-state index contributed by atoms with van der Waals surface area (Å²) in [7, 11) is 1.64. The van der Waals surface area contributed by atoms with Gasteiger partial charge >= 0.3 is 0 Å². The minimum atomic E-state index is 0.591. The SMILES string of the molecule is COc1ccc(-c2ccc3nc4n(c3c2)C[C@H]2CC=CCC42)cn1. The first-order valence-electron chi connectivity index (χ1n) is 8.49. The maximum atomic E-state index is 5.15. The fourth-order valence-corrected chi connectivity index (χ4v) is 4.09. The Labute approximate surface area is 140 Å². The largest absolute Gasteiger partial charge is 0.481 e. The van der Waals surface area contributed by atoms with Crippen LogP contribution in [0.1, 0.15) is 24.6 Å². The Bertz CT molecular complexity index is 939. The summed E-state index contributed by atoms with van der Waals surface area (Å²) in [5.41, 5.74) is 4.62. The molecular formula is C20H19N3O. The molecule has 0 amide bonds. The molecule has 1 aliphatic carbocycles. The van der Waals surface area contributed by atoms with Gasteiger partial charge in [-0.2, -0.15) is 0 Å². The number of hydrogen-bond acceptors (Lipinski definition) is 3. The van der Waals surface area contributed by atoms with Gasteiger partial charge in [-0.1, -0.05) is 18.2 Å². The third-order valence-corrected chi connectivity index (χ3v) is 5.37. The fraction of sp³-hybridized carbons (Fsp3) is 0.300. The molecule has 0 N–H and O–H groups in total. The number of imidazole rings is 1. The van der Waals surface area contributed by atoms with Crippen molar-refractivity contribution in [3.63, 3.8) is 0 Å². The van der Waals surface area contributed by atoms with Crippen LogP contribution < -0.4 is 4.74 Å². The number of ether oxygens (including phenoxy) is 1. The molecule has 4 heteroatoms. The van der Waals surface area contributed by atoms with Crippen LogP contribution in [0.25, 0.3) is 22.2 Å². The number of aromatic nitrogens is 3. The first-order chi connectivity index (χ1) is 11.8. The quantitative estimate of drug-likeness (QED) is 0.666. The number of rotatable bonds is 2. The molecule has 3 heterocycles. The van der Waals surface area contributed by atoms with Crippen molar-refractivity contribution in [3.05, 3.63) is 54.5 Å². The number of fused-ring (bicyclic) bond motifs is 5. The van der Waals surface area contributed by atoms with Gasteiger partial charge in [0.25, 0.3) is 0 Å². The zero-order valence-electron chi connectivity index (χ0n) is 13.6. The first kappa shape index (κ1) is 13.8. The van der Waals surface area contributed by atoms with Gasteiger partial charge in [0.05, 0.1) is 18.1 Å². The van der Waals surface area contributed by atoms with Crippen LogP contribution in [0.5, 0.6) is 5.88 Å². The van der Waals surface area contributed by atoms with Crippen molar-refractivity contribution in [3.8, 4) is 17.0 Å². The molecule has 0 saturated heterocycles. The molecule has 3 aromatic rings. The smallest absolute Gasteiger partial charge is 0.212 e. The number of allylic oxidation sites excluding steroid dienone is 2. The average molecular weight is 317 g/mol. The molecule has 0 fully saturated rings. The van der Waals surface area contributed by atoms with E-state index in [1.165, 1.54) is 23.3 Å². The van der Waals surface area contributed by atoms with Crippen molar-refractivity contribution >= 4 is 11.0 Å². The van der Waals surface area contributed by atoms with Gasteiger partial charge < -0.3 is 9.30 Å². The highest BCUT2D eigenvalue weighted by Crippen LogP contribution is 2.42. The van der Waals surface area contributed by atoms with E-state index >= 15 is 0 Å². The summed E-state index contributed by atoms with van der Waals surface area (Å²) in [4.78, 5) is 9.25. The van der Waals surface area contributed by atoms with Gasteiger partial charge in [0, 0.05) is 30.3 Å². The van der Waals surface area contributed by atoms with Gasteiger partial charge in [-0.3, -0.25) is 0 Å². The van der Waals surface area contributed by atoms with E-state index in [0.29, 0.717) is 17.7 Å². The van der Waals surface area contributed by atoms with Crippen LogP contribution in [0.2, 0.25) is 0 Å². The second kappa shape index (κ2) is 5.20. The lowest BCUT2D eigenvalue weighted by Gasteiger charge is -2.19. The van der Waals surface area contributed by atoms with Crippen molar-refractivity contribution < 1.29 is 4.74 Å². The maximum absolute atomic E-state index is 5.15. The van der Waals surface area contributed by atoms with Crippen LogP contribution in [-0.2, 0) is 6.54 Å². The van der Waals surface area contributed by atoms with Crippen LogP contribution in [-0.4, -0.2) is 21.6 Å². The standard InChI is InChI=1S/C20H19N3O/c1-24-19-9-7-14(11-21-19)13-6-8-17-18(10-13)23-12-15-4-2-3-5-16(15)20(23)22-17/h2-3,6-11,15-16H,4-5,12H2,1H3/t15-,16?/m1/s1. The summed E-state index contributed by atoms with van der Waals surface area (Å²) in [6.45, 7) is 1.09. The molecule has 1 aromatic carbocycles. The number of nitrogens with zero attached hydrogens (tertiary/aromatic N) is 3. The highest BCUT2D eigenvalue weighted by molar-refractivity contribution is 5.83. The summed E-state index contributed by atoms with van der Waals surface area (Å²) in [5, 5.41) is 0. The predicted octanol–water partition coefficient (Wildman–Crippen LogP) is 4.17. The minimum absolute atomic E-state index is 0.591. The summed E-state index contributed by atoms with van der Waals surface area (Å²) < 4.78 is 7.58. The van der Waals surface area contributed by atoms with Crippen molar-refractivity contribution in [2.24, 2.45) is 5.92 Å². The molecule has 24 heavy (non-hydrogen) atoms. The highest BCUT2D eigenvalue weighted by atomic mass is 16.5. The molecule has 5 rings (SSSR count). The van der Waals surface area contributed by atoms with Gasteiger partial charge in [-0.05, 0) is 42.5 Å². The molecule has 0 spiro atoms. The highest BCUT2D eigenvalue weighted by Gasteiger charge is 2.35. The van der Waals surface area contributed by atoms with Gasteiger partial charge in [0.1, 0.15) is 5.82 Å². The van der Waals surface area contributed by atoms with E-state index in [2.05, 4.69) is 46.0 Å². The Balaban J connectivity index is 1.59. The Morgan fingerprint density at radius 3 is 2.79 bits per heavy atom. The third kappa shape index (κ3) is 1.99. The van der Waals surface area contributed by atoms with E-state index in [9.17, 15) is 0 Å². The van der Waals surface area contributed by atoms with Gasteiger partial charge in [0.2, 0.25) is 5.88 Å². The normalized spacial score (nSPS) is 21.7. The summed E-state index contributed by atoms with van der Waals surface area (Å²) in [6, 6.07) is 10.5. The van der Waals surface area contributed by atoms with Crippen molar-refractivity contribution in [1.29, 1.82) is 0 Å². The molecule has 1 aliphatic heterocycles. The molecule has 120 valence electrons. The van der Waals surface area contributed by atoms with Crippen molar-refractivity contribution in [2.45, 2.75) is 25.3 Å². The van der Waals surface area contributed by atoms with Gasteiger partial charge in [-0.25, -0.2) is 9.97 Å². The van der Waals surface area contributed by atoms with Crippen LogP contribution in [0.4, 0.5) is 0 Å². The topological polar surface area (TPSA) is 39.9 Å². The Hall–Kier alpha value is -2.62. The second-order valence-corrected chi connectivity index (χ2v) is 6.68. The predicted molar refractivity (Wildman–Crippen MR) is 94.1 cm³/mol. The molecule has 0 bridgehead atoms. The zero-order valence-corrected chi connectivity index (χ0v) is 13.6.